The molecule has 3 heteroatoms. The summed E-state index contributed by atoms with van der Waals surface area (Å²) in [6, 6.07) is 16.3. The van der Waals surface area contributed by atoms with Crippen molar-refractivity contribution in [2.24, 2.45) is 0 Å². The summed E-state index contributed by atoms with van der Waals surface area (Å²) in [5.74, 6) is -0.362. The van der Waals surface area contributed by atoms with E-state index < -0.39 is 0 Å². The molecule has 0 saturated heterocycles. The predicted molar refractivity (Wildman–Crippen MR) is 85.1 cm³/mol. The molecule has 0 aliphatic rings. The van der Waals surface area contributed by atoms with E-state index in [1.54, 1.807) is 30.3 Å². The van der Waals surface area contributed by atoms with E-state index in [4.69, 9.17) is 0 Å². The molecule has 1 amide bonds. The summed E-state index contributed by atoms with van der Waals surface area (Å²) in [6.45, 7) is 3.38. The van der Waals surface area contributed by atoms with Crippen molar-refractivity contribution in [1.29, 1.82) is 0 Å². The molecule has 0 aromatic heterocycles. The molecule has 0 atom stereocenters. The van der Waals surface area contributed by atoms with Gasteiger partial charge in [0.25, 0.3) is 0 Å². The smallest absolute Gasteiger partial charge is 0.247 e. The van der Waals surface area contributed by atoms with Crippen LogP contribution in [-0.4, -0.2) is 11.7 Å². The topological polar surface area (TPSA) is 46.2 Å². The molecule has 0 aliphatic heterocycles. The van der Waals surface area contributed by atoms with Gasteiger partial charge in [0.1, 0.15) is 0 Å². The number of allylic oxidation sites excluding steroid dienone is 1. The van der Waals surface area contributed by atoms with Crippen LogP contribution < -0.4 is 5.32 Å². The Bertz CT molecular complexity index is 670. The van der Waals surface area contributed by atoms with Crippen LogP contribution in [0, 0.1) is 0 Å². The molecular formula is C18H15NO2. The van der Waals surface area contributed by atoms with Crippen LogP contribution in [0.1, 0.15) is 15.9 Å². The van der Waals surface area contributed by atoms with Gasteiger partial charge < -0.3 is 5.32 Å². The van der Waals surface area contributed by atoms with Crippen molar-refractivity contribution in [2.75, 3.05) is 5.32 Å². The highest BCUT2D eigenvalue weighted by atomic mass is 16.1. The van der Waals surface area contributed by atoms with Crippen molar-refractivity contribution >= 4 is 23.5 Å². The first kappa shape index (κ1) is 14.5. The number of rotatable bonds is 5. The second-order valence-electron chi connectivity index (χ2n) is 4.38. The Morgan fingerprint density at radius 3 is 2.24 bits per heavy atom. The minimum atomic E-state index is -0.280. The lowest BCUT2D eigenvalue weighted by Crippen LogP contribution is -2.07. The van der Waals surface area contributed by atoms with E-state index in [-0.39, 0.29) is 11.7 Å². The van der Waals surface area contributed by atoms with Crippen LogP contribution in [0.4, 0.5) is 5.69 Å². The number of carbonyl (C=O) groups excluding carboxylic acids is 2. The predicted octanol–water partition coefficient (Wildman–Crippen LogP) is 3.71. The number of amides is 1. The van der Waals surface area contributed by atoms with Crippen molar-refractivity contribution in [3.05, 3.63) is 84.5 Å². The van der Waals surface area contributed by atoms with Crippen molar-refractivity contribution in [3.8, 4) is 0 Å². The fourth-order valence-corrected chi connectivity index (χ4v) is 1.74. The van der Waals surface area contributed by atoms with E-state index in [9.17, 15) is 9.59 Å². The molecule has 0 heterocycles. The second kappa shape index (κ2) is 7.01. The first-order valence-electron chi connectivity index (χ1n) is 6.50. The lowest BCUT2D eigenvalue weighted by Gasteiger charge is -2.02. The molecule has 0 spiro atoms. The van der Waals surface area contributed by atoms with Gasteiger partial charge in [-0.3, -0.25) is 9.59 Å². The molecule has 21 heavy (non-hydrogen) atoms. The van der Waals surface area contributed by atoms with E-state index in [1.807, 2.05) is 30.3 Å². The quantitative estimate of drug-likeness (QED) is 0.669. The number of ketones is 1. The number of hydrogen-bond donors (Lipinski definition) is 1. The molecule has 0 unspecified atom stereocenters. The molecule has 3 nitrogen and oxygen atoms in total. The van der Waals surface area contributed by atoms with Gasteiger partial charge >= 0.3 is 0 Å². The third-order valence-electron chi connectivity index (χ3n) is 2.85. The average Bonchev–Trinajstić information content (AvgIpc) is 2.54. The monoisotopic (exact) mass is 277 g/mol. The third-order valence-corrected chi connectivity index (χ3v) is 2.85. The van der Waals surface area contributed by atoms with E-state index in [0.29, 0.717) is 11.3 Å². The minimum absolute atomic E-state index is 0.0829. The first-order valence-corrected chi connectivity index (χ1v) is 6.50. The zero-order valence-electron chi connectivity index (χ0n) is 11.5. The van der Waals surface area contributed by atoms with Gasteiger partial charge in [-0.2, -0.15) is 0 Å². The van der Waals surface area contributed by atoms with Crippen LogP contribution in [0.15, 0.2) is 73.3 Å². The Morgan fingerprint density at radius 2 is 1.62 bits per heavy atom. The number of hydrogen-bond acceptors (Lipinski definition) is 2. The molecule has 2 aromatic rings. The summed E-state index contributed by atoms with van der Waals surface area (Å²) in [5.41, 5.74) is 2.17. The van der Waals surface area contributed by atoms with Gasteiger partial charge in [-0.1, -0.05) is 43.0 Å². The van der Waals surface area contributed by atoms with Gasteiger partial charge in [0, 0.05) is 11.3 Å². The normalized spacial score (nSPS) is 10.3. The molecule has 2 rings (SSSR count). The van der Waals surface area contributed by atoms with Crippen LogP contribution in [0.3, 0.4) is 0 Å². The molecule has 1 N–H and O–H groups in total. The van der Waals surface area contributed by atoms with Crippen molar-refractivity contribution in [3.63, 3.8) is 0 Å². The highest BCUT2D eigenvalue weighted by Gasteiger charge is 2.02. The Kier molecular flexibility index (Phi) is 4.83. The summed E-state index contributed by atoms with van der Waals surface area (Å²) in [4.78, 5) is 23.2. The minimum Gasteiger partial charge on any atom is -0.323 e. The van der Waals surface area contributed by atoms with Crippen LogP contribution in [0.5, 0.6) is 0 Å². The average molecular weight is 277 g/mol. The summed E-state index contributed by atoms with van der Waals surface area (Å²) >= 11 is 0. The molecule has 0 fully saturated rings. The maximum atomic E-state index is 12.0. The van der Waals surface area contributed by atoms with Crippen molar-refractivity contribution < 1.29 is 9.59 Å². The summed E-state index contributed by atoms with van der Waals surface area (Å²) < 4.78 is 0. The number of anilines is 1. The lowest BCUT2D eigenvalue weighted by atomic mass is 10.1. The standard InChI is InChI=1S/C18H15NO2/c1-2-18(21)19-16-11-9-15(10-12-16)17(20)13-8-14-6-4-3-5-7-14/h2-13H,1H2,(H,19,21). The van der Waals surface area contributed by atoms with Gasteiger partial charge in [-0.15, -0.1) is 0 Å². The molecule has 2 aromatic carbocycles. The van der Waals surface area contributed by atoms with Crippen LogP contribution in [0.25, 0.3) is 6.08 Å². The fourth-order valence-electron chi connectivity index (χ4n) is 1.74. The maximum Gasteiger partial charge on any atom is 0.247 e. The fraction of sp³-hybridized carbons (Fsp3) is 0. The van der Waals surface area contributed by atoms with Crippen LogP contribution in [-0.2, 0) is 4.79 Å². The molecule has 0 saturated carbocycles. The molecule has 104 valence electrons. The maximum absolute atomic E-state index is 12.0. The first-order chi connectivity index (χ1) is 10.2. The number of benzene rings is 2. The Balaban J connectivity index is 2.05. The molecule has 0 radical (unpaired) electrons. The van der Waals surface area contributed by atoms with Gasteiger partial charge in [0.15, 0.2) is 5.78 Å². The van der Waals surface area contributed by atoms with E-state index in [1.165, 1.54) is 12.2 Å². The lowest BCUT2D eigenvalue weighted by molar-refractivity contribution is -0.111. The van der Waals surface area contributed by atoms with Gasteiger partial charge in [-0.25, -0.2) is 0 Å². The molecule has 0 aliphatic carbocycles. The summed E-state index contributed by atoms with van der Waals surface area (Å²) in [5, 5.41) is 2.63. The highest BCUT2D eigenvalue weighted by molar-refractivity contribution is 6.07. The Labute approximate surface area is 123 Å². The van der Waals surface area contributed by atoms with E-state index >= 15 is 0 Å². The zero-order valence-corrected chi connectivity index (χ0v) is 11.5. The molecule has 0 bridgehead atoms. The number of nitrogens with one attached hydrogen (secondary N) is 1. The van der Waals surface area contributed by atoms with Gasteiger partial charge in [-0.05, 0) is 42.0 Å². The zero-order chi connectivity index (χ0) is 15.1. The summed E-state index contributed by atoms with van der Waals surface area (Å²) in [6.07, 6.45) is 4.50. The molecular weight excluding hydrogens is 262 g/mol. The third kappa shape index (κ3) is 4.28. The number of carbonyl (C=O) groups is 2. The summed E-state index contributed by atoms with van der Waals surface area (Å²) in [7, 11) is 0. The SMILES string of the molecule is C=CC(=O)Nc1ccc(C(=O)C=Cc2ccccc2)cc1. The van der Waals surface area contributed by atoms with Crippen LogP contribution in [0.2, 0.25) is 0 Å². The highest BCUT2D eigenvalue weighted by Crippen LogP contribution is 2.11. The Hall–Kier alpha value is -2.94. The van der Waals surface area contributed by atoms with Crippen LogP contribution >= 0.6 is 0 Å². The van der Waals surface area contributed by atoms with Crippen molar-refractivity contribution in [2.45, 2.75) is 0 Å². The largest absolute Gasteiger partial charge is 0.323 e. The van der Waals surface area contributed by atoms with Gasteiger partial charge in [0.2, 0.25) is 5.91 Å². The second-order valence-corrected chi connectivity index (χ2v) is 4.38. The van der Waals surface area contributed by atoms with Gasteiger partial charge in [0.05, 0.1) is 0 Å². The Morgan fingerprint density at radius 1 is 0.952 bits per heavy atom. The van der Waals surface area contributed by atoms with Crippen molar-refractivity contribution in [1.82, 2.24) is 0 Å². The van der Waals surface area contributed by atoms with E-state index in [2.05, 4.69) is 11.9 Å². The van der Waals surface area contributed by atoms with E-state index in [0.717, 1.165) is 5.56 Å².